The number of rotatable bonds is 3. The van der Waals surface area contributed by atoms with Crippen LogP contribution in [0.2, 0.25) is 0 Å². The van der Waals surface area contributed by atoms with Gasteiger partial charge in [-0.2, -0.15) is 0 Å². The van der Waals surface area contributed by atoms with Crippen LogP contribution in [0.1, 0.15) is 27.2 Å². The highest BCUT2D eigenvalue weighted by Gasteiger charge is 1.92. The first-order valence-electron chi connectivity index (χ1n) is 4.03. The van der Waals surface area contributed by atoms with Crippen molar-refractivity contribution in [3.8, 4) is 11.8 Å². The van der Waals surface area contributed by atoms with Gasteiger partial charge in [0.25, 0.3) is 0 Å². The van der Waals surface area contributed by atoms with Crippen LogP contribution < -0.4 is 0 Å². The van der Waals surface area contributed by atoms with Crippen LogP contribution >= 0.6 is 0 Å². The van der Waals surface area contributed by atoms with Crippen LogP contribution in [0.15, 0.2) is 0 Å². The summed E-state index contributed by atoms with van der Waals surface area (Å²) in [5.41, 5.74) is 0. The third-order valence-electron chi connectivity index (χ3n) is 1.50. The first kappa shape index (κ1) is 9.52. The highest BCUT2D eigenvalue weighted by Crippen LogP contribution is 1.83. The molecule has 0 unspecified atom stereocenters. The standard InChI is InChI=1S/C9H17N/c1-4-7-8-9-10(5-2)6-3/h4-6,9H2,1-3H3. The van der Waals surface area contributed by atoms with Crippen molar-refractivity contribution in [2.45, 2.75) is 27.2 Å². The maximum atomic E-state index is 3.11. The summed E-state index contributed by atoms with van der Waals surface area (Å²) in [5, 5.41) is 0. The maximum absolute atomic E-state index is 3.11. The summed E-state index contributed by atoms with van der Waals surface area (Å²) < 4.78 is 0. The lowest BCUT2D eigenvalue weighted by atomic mass is 10.4. The molecule has 0 rings (SSSR count). The quantitative estimate of drug-likeness (QED) is 0.538. The lowest BCUT2D eigenvalue weighted by Crippen LogP contribution is -2.22. The molecule has 0 aliphatic rings. The van der Waals surface area contributed by atoms with E-state index < -0.39 is 0 Å². The summed E-state index contributed by atoms with van der Waals surface area (Å²) in [6.07, 6.45) is 0.973. The zero-order valence-corrected chi connectivity index (χ0v) is 7.28. The topological polar surface area (TPSA) is 3.24 Å². The van der Waals surface area contributed by atoms with E-state index in [0.29, 0.717) is 0 Å². The minimum atomic E-state index is 0.931. The molecule has 0 atom stereocenters. The van der Waals surface area contributed by atoms with Gasteiger partial charge in [0.05, 0.1) is 6.54 Å². The predicted molar refractivity (Wildman–Crippen MR) is 45.9 cm³/mol. The Morgan fingerprint density at radius 3 is 2.00 bits per heavy atom. The summed E-state index contributed by atoms with van der Waals surface area (Å²) in [7, 11) is 0. The largest absolute Gasteiger partial charge is 0.293 e. The molecule has 0 radical (unpaired) electrons. The van der Waals surface area contributed by atoms with Gasteiger partial charge in [-0.1, -0.05) is 26.7 Å². The van der Waals surface area contributed by atoms with Gasteiger partial charge in [0, 0.05) is 6.42 Å². The molecule has 10 heavy (non-hydrogen) atoms. The normalized spacial score (nSPS) is 9.20. The van der Waals surface area contributed by atoms with Crippen molar-refractivity contribution < 1.29 is 0 Å². The van der Waals surface area contributed by atoms with Crippen molar-refractivity contribution in [2.75, 3.05) is 19.6 Å². The molecule has 0 aromatic rings. The molecule has 0 saturated carbocycles. The summed E-state index contributed by atoms with van der Waals surface area (Å²) in [6, 6.07) is 0. The van der Waals surface area contributed by atoms with Gasteiger partial charge < -0.3 is 0 Å². The van der Waals surface area contributed by atoms with Gasteiger partial charge in [-0.3, -0.25) is 4.90 Å². The zero-order valence-electron chi connectivity index (χ0n) is 7.28. The summed E-state index contributed by atoms with van der Waals surface area (Å²) >= 11 is 0. The highest BCUT2D eigenvalue weighted by atomic mass is 15.1. The van der Waals surface area contributed by atoms with Gasteiger partial charge >= 0.3 is 0 Å². The Hall–Kier alpha value is -0.480. The number of hydrogen-bond acceptors (Lipinski definition) is 1. The second kappa shape index (κ2) is 6.64. The van der Waals surface area contributed by atoms with Crippen LogP contribution in [-0.4, -0.2) is 24.5 Å². The van der Waals surface area contributed by atoms with E-state index >= 15 is 0 Å². The average molecular weight is 139 g/mol. The molecule has 0 heterocycles. The molecule has 0 spiro atoms. The molecule has 1 heteroatoms. The Bertz CT molecular complexity index is 114. The van der Waals surface area contributed by atoms with E-state index in [1.54, 1.807) is 0 Å². The van der Waals surface area contributed by atoms with E-state index in [9.17, 15) is 0 Å². The van der Waals surface area contributed by atoms with Crippen molar-refractivity contribution >= 4 is 0 Å². The van der Waals surface area contributed by atoms with E-state index in [1.165, 1.54) is 0 Å². The van der Waals surface area contributed by atoms with Crippen molar-refractivity contribution in [1.29, 1.82) is 0 Å². The van der Waals surface area contributed by atoms with Crippen molar-refractivity contribution in [1.82, 2.24) is 4.90 Å². The molecular formula is C9H17N. The molecule has 0 N–H and O–H groups in total. The number of hydrogen-bond donors (Lipinski definition) is 0. The zero-order chi connectivity index (χ0) is 7.82. The van der Waals surface area contributed by atoms with Gasteiger partial charge in [-0.25, -0.2) is 0 Å². The molecule has 0 saturated heterocycles. The van der Waals surface area contributed by atoms with Crippen LogP contribution in [0.3, 0.4) is 0 Å². The second-order valence-electron chi connectivity index (χ2n) is 2.17. The lowest BCUT2D eigenvalue weighted by molar-refractivity contribution is 0.342. The van der Waals surface area contributed by atoms with Gasteiger partial charge in [0.15, 0.2) is 0 Å². The first-order valence-corrected chi connectivity index (χ1v) is 4.03. The Morgan fingerprint density at radius 1 is 1.00 bits per heavy atom. The fourth-order valence-corrected chi connectivity index (χ4v) is 0.740. The van der Waals surface area contributed by atoms with Crippen molar-refractivity contribution in [2.24, 2.45) is 0 Å². The number of nitrogens with zero attached hydrogens (tertiary/aromatic N) is 1. The molecule has 1 nitrogen and oxygen atoms in total. The Labute approximate surface area is 64.4 Å². The van der Waals surface area contributed by atoms with Crippen LogP contribution in [0.25, 0.3) is 0 Å². The summed E-state index contributed by atoms with van der Waals surface area (Å²) in [4.78, 5) is 2.31. The monoisotopic (exact) mass is 139 g/mol. The molecule has 0 fully saturated rings. The molecule has 0 aliphatic carbocycles. The van der Waals surface area contributed by atoms with Crippen molar-refractivity contribution in [3.63, 3.8) is 0 Å². The van der Waals surface area contributed by atoms with E-state index in [1.807, 2.05) is 0 Å². The van der Waals surface area contributed by atoms with Gasteiger partial charge in [-0.05, 0) is 13.1 Å². The van der Waals surface area contributed by atoms with Crippen LogP contribution in [0.4, 0.5) is 0 Å². The molecular weight excluding hydrogens is 122 g/mol. The fourth-order valence-electron chi connectivity index (χ4n) is 0.740. The minimum Gasteiger partial charge on any atom is -0.293 e. The molecule has 0 aromatic heterocycles. The van der Waals surface area contributed by atoms with Crippen LogP contribution in [-0.2, 0) is 0 Å². The fraction of sp³-hybridized carbons (Fsp3) is 0.778. The Kier molecular flexibility index (Phi) is 6.32. The van der Waals surface area contributed by atoms with Crippen LogP contribution in [0.5, 0.6) is 0 Å². The molecule has 0 aromatic carbocycles. The van der Waals surface area contributed by atoms with E-state index in [2.05, 4.69) is 37.5 Å². The second-order valence-corrected chi connectivity index (χ2v) is 2.17. The molecule has 58 valence electrons. The third kappa shape index (κ3) is 4.40. The third-order valence-corrected chi connectivity index (χ3v) is 1.50. The van der Waals surface area contributed by atoms with E-state index in [0.717, 1.165) is 26.1 Å². The van der Waals surface area contributed by atoms with Gasteiger partial charge in [0.1, 0.15) is 0 Å². The average Bonchev–Trinajstić information content (AvgIpc) is 1.99. The Balaban J connectivity index is 3.43. The SMILES string of the molecule is CCC#CCN(CC)CC. The van der Waals surface area contributed by atoms with Gasteiger partial charge in [0.2, 0.25) is 0 Å². The van der Waals surface area contributed by atoms with Gasteiger partial charge in [-0.15, -0.1) is 5.92 Å². The predicted octanol–water partition coefficient (Wildman–Crippen LogP) is 1.74. The minimum absolute atomic E-state index is 0.931. The van der Waals surface area contributed by atoms with Crippen LogP contribution in [0, 0.1) is 11.8 Å². The summed E-state index contributed by atoms with van der Waals surface area (Å²) in [5.74, 6) is 6.17. The molecule has 0 bridgehead atoms. The van der Waals surface area contributed by atoms with E-state index in [4.69, 9.17) is 0 Å². The molecule has 0 amide bonds. The summed E-state index contributed by atoms with van der Waals surface area (Å²) in [6.45, 7) is 9.55. The maximum Gasteiger partial charge on any atom is 0.0601 e. The first-order chi connectivity index (χ1) is 4.85. The molecule has 0 aliphatic heterocycles. The van der Waals surface area contributed by atoms with Crippen molar-refractivity contribution in [3.05, 3.63) is 0 Å². The smallest absolute Gasteiger partial charge is 0.0601 e. The Morgan fingerprint density at radius 2 is 1.60 bits per heavy atom. The van der Waals surface area contributed by atoms with E-state index in [-0.39, 0.29) is 0 Å². The highest BCUT2D eigenvalue weighted by molar-refractivity contribution is 4.99. The lowest BCUT2D eigenvalue weighted by Gasteiger charge is -2.12.